The van der Waals surface area contributed by atoms with Crippen molar-refractivity contribution in [2.75, 3.05) is 24.7 Å². The fraction of sp³-hybridized carbons (Fsp3) is 0.294. The van der Waals surface area contributed by atoms with E-state index in [2.05, 4.69) is 4.98 Å². The van der Waals surface area contributed by atoms with Gasteiger partial charge in [-0.2, -0.15) is 0 Å². The number of H-pyrrole nitrogens is 1. The molecule has 24 heavy (non-hydrogen) atoms. The van der Waals surface area contributed by atoms with Gasteiger partial charge < -0.3 is 19.7 Å². The Bertz CT molecular complexity index is 838. The molecule has 0 bridgehead atoms. The first-order valence-electron chi connectivity index (χ1n) is 7.81. The summed E-state index contributed by atoms with van der Waals surface area (Å²) in [5.74, 6) is 0.400. The SMILES string of the molecule is Cc1cc(N2COc3cc(C(=O)N4CCC4)[nH]c32)ccc1C(=O)O. The van der Waals surface area contributed by atoms with Crippen LogP contribution in [0.3, 0.4) is 0 Å². The van der Waals surface area contributed by atoms with E-state index in [1.807, 2.05) is 4.90 Å². The first-order valence-corrected chi connectivity index (χ1v) is 7.81. The monoisotopic (exact) mass is 327 g/mol. The van der Waals surface area contributed by atoms with E-state index in [9.17, 15) is 9.59 Å². The summed E-state index contributed by atoms with van der Waals surface area (Å²) in [5, 5.41) is 9.14. The molecule has 0 spiro atoms. The van der Waals surface area contributed by atoms with Crippen LogP contribution < -0.4 is 9.64 Å². The van der Waals surface area contributed by atoms with Crippen LogP contribution in [-0.4, -0.2) is 46.7 Å². The topological polar surface area (TPSA) is 85.9 Å². The minimum absolute atomic E-state index is 0.0170. The van der Waals surface area contributed by atoms with Crippen molar-refractivity contribution < 1.29 is 19.4 Å². The lowest BCUT2D eigenvalue weighted by molar-refractivity contribution is 0.0644. The minimum atomic E-state index is -0.945. The Morgan fingerprint density at radius 3 is 2.67 bits per heavy atom. The molecule has 7 nitrogen and oxygen atoms in total. The Balaban J connectivity index is 1.64. The van der Waals surface area contributed by atoms with Gasteiger partial charge in [0.05, 0.1) is 5.56 Å². The molecule has 1 saturated heterocycles. The molecule has 1 aromatic carbocycles. The number of fused-ring (bicyclic) bond motifs is 1. The lowest BCUT2D eigenvalue weighted by Gasteiger charge is -2.30. The van der Waals surface area contributed by atoms with Crippen molar-refractivity contribution in [3.05, 3.63) is 41.1 Å². The van der Waals surface area contributed by atoms with Gasteiger partial charge in [0.1, 0.15) is 5.69 Å². The highest BCUT2D eigenvalue weighted by Gasteiger charge is 2.30. The highest BCUT2D eigenvalue weighted by molar-refractivity contribution is 5.95. The lowest BCUT2D eigenvalue weighted by atomic mass is 10.1. The van der Waals surface area contributed by atoms with E-state index in [4.69, 9.17) is 9.84 Å². The Hall–Kier alpha value is -2.96. The molecule has 0 unspecified atom stereocenters. The van der Waals surface area contributed by atoms with Gasteiger partial charge in [0.2, 0.25) is 0 Å². The molecule has 3 heterocycles. The fourth-order valence-electron chi connectivity index (χ4n) is 3.00. The number of carbonyl (C=O) groups is 2. The maximum Gasteiger partial charge on any atom is 0.335 e. The molecule has 124 valence electrons. The standard InChI is InChI=1S/C17H17N3O4/c1-10-7-11(3-4-12(10)17(22)23)20-9-24-14-8-13(18-15(14)20)16(21)19-5-2-6-19/h3-4,7-8,18H,2,5-6,9H2,1H3,(H,22,23). The summed E-state index contributed by atoms with van der Waals surface area (Å²) in [6, 6.07) is 6.86. The highest BCUT2D eigenvalue weighted by Crippen LogP contribution is 2.39. The quantitative estimate of drug-likeness (QED) is 0.904. The second-order valence-electron chi connectivity index (χ2n) is 6.05. The molecule has 2 aromatic rings. The second-order valence-corrected chi connectivity index (χ2v) is 6.05. The number of rotatable bonds is 3. The molecule has 0 saturated carbocycles. The number of nitrogens with zero attached hydrogens (tertiary/aromatic N) is 2. The molecule has 0 radical (unpaired) electrons. The summed E-state index contributed by atoms with van der Waals surface area (Å²) in [4.78, 5) is 30.3. The number of carbonyl (C=O) groups excluding carboxylic acids is 1. The van der Waals surface area contributed by atoms with Crippen LogP contribution in [0.4, 0.5) is 11.5 Å². The first-order chi connectivity index (χ1) is 11.5. The van der Waals surface area contributed by atoms with Crippen molar-refractivity contribution in [1.82, 2.24) is 9.88 Å². The number of hydrogen-bond acceptors (Lipinski definition) is 4. The van der Waals surface area contributed by atoms with Crippen LogP contribution in [0, 0.1) is 6.92 Å². The molecule has 1 amide bonds. The number of aryl methyl sites for hydroxylation is 1. The number of likely N-dealkylation sites (tertiary alicyclic amines) is 1. The summed E-state index contributed by atoms with van der Waals surface area (Å²) in [7, 11) is 0. The van der Waals surface area contributed by atoms with Crippen LogP contribution in [0.5, 0.6) is 5.75 Å². The Kier molecular flexibility index (Phi) is 3.23. The van der Waals surface area contributed by atoms with Crippen molar-refractivity contribution >= 4 is 23.4 Å². The number of amides is 1. The van der Waals surface area contributed by atoms with E-state index in [1.54, 1.807) is 36.1 Å². The van der Waals surface area contributed by atoms with Crippen LogP contribution >= 0.6 is 0 Å². The van der Waals surface area contributed by atoms with Crippen molar-refractivity contribution in [2.45, 2.75) is 13.3 Å². The zero-order chi connectivity index (χ0) is 16.8. The number of benzene rings is 1. The maximum absolute atomic E-state index is 12.3. The number of nitrogens with one attached hydrogen (secondary N) is 1. The lowest BCUT2D eigenvalue weighted by Crippen LogP contribution is -2.42. The third-order valence-corrected chi connectivity index (χ3v) is 4.51. The number of aromatic amines is 1. The third kappa shape index (κ3) is 2.20. The van der Waals surface area contributed by atoms with Gasteiger partial charge in [-0.25, -0.2) is 4.79 Å². The normalized spacial score (nSPS) is 15.7. The van der Waals surface area contributed by atoms with Gasteiger partial charge >= 0.3 is 5.97 Å². The largest absolute Gasteiger partial charge is 0.478 e. The summed E-state index contributed by atoms with van der Waals surface area (Å²) in [6.07, 6.45) is 1.05. The number of carboxylic acid groups (broad SMARTS) is 1. The van der Waals surface area contributed by atoms with Gasteiger partial charge in [-0.15, -0.1) is 0 Å². The van der Waals surface area contributed by atoms with Crippen molar-refractivity contribution in [3.63, 3.8) is 0 Å². The number of aromatic nitrogens is 1. The van der Waals surface area contributed by atoms with Crippen LogP contribution in [0.1, 0.15) is 32.8 Å². The van der Waals surface area contributed by atoms with E-state index in [1.165, 1.54) is 0 Å². The van der Waals surface area contributed by atoms with E-state index >= 15 is 0 Å². The van der Waals surface area contributed by atoms with Crippen LogP contribution in [0.25, 0.3) is 0 Å². The van der Waals surface area contributed by atoms with E-state index in [-0.39, 0.29) is 11.5 Å². The van der Waals surface area contributed by atoms with Gasteiger partial charge in [0, 0.05) is 24.8 Å². The molecular formula is C17H17N3O4. The molecule has 2 aliphatic heterocycles. The van der Waals surface area contributed by atoms with Crippen LogP contribution in [-0.2, 0) is 0 Å². The second kappa shape index (κ2) is 5.30. The van der Waals surface area contributed by atoms with Gasteiger partial charge in [-0.05, 0) is 37.1 Å². The first kappa shape index (κ1) is 14.6. The molecule has 2 N–H and O–H groups in total. The van der Waals surface area contributed by atoms with Crippen LogP contribution in [0.15, 0.2) is 24.3 Å². The minimum Gasteiger partial charge on any atom is -0.478 e. The van der Waals surface area contributed by atoms with Crippen molar-refractivity contribution in [1.29, 1.82) is 0 Å². The number of aromatic carboxylic acids is 1. The molecule has 0 atom stereocenters. The molecule has 2 aliphatic rings. The number of carboxylic acids is 1. The Labute approximate surface area is 138 Å². The van der Waals surface area contributed by atoms with Crippen molar-refractivity contribution in [2.24, 2.45) is 0 Å². The summed E-state index contributed by atoms with van der Waals surface area (Å²) in [5.41, 5.74) is 2.29. The molecule has 1 aromatic heterocycles. The van der Waals surface area contributed by atoms with Gasteiger partial charge in [-0.3, -0.25) is 9.69 Å². The van der Waals surface area contributed by atoms with Crippen molar-refractivity contribution in [3.8, 4) is 5.75 Å². The predicted octanol–water partition coefficient (Wildman–Crippen LogP) is 2.36. The third-order valence-electron chi connectivity index (χ3n) is 4.51. The Morgan fingerprint density at radius 1 is 1.25 bits per heavy atom. The smallest absolute Gasteiger partial charge is 0.335 e. The molecule has 7 heteroatoms. The summed E-state index contributed by atoms with van der Waals surface area (Å²) >= 11 is 0. The average molecular weight is 327 g/mol. The average Bonchev–Trinajstić information content (AvgIpc) is 3.04. The Morgan fingerprint density at radius 2 is 2.04 bits per heavy atom. The zero-order valence-electron chi connectivity index (χ0n) is 13.2. The van der Waals surface area contributed by atoms with Gasteiger partial charge in [0.25, 0.3) is 5.91 Å². The highest BCUT2D eigenvalue weighted by atomic mass is 16.5. The van der Waals surface area contributed by atoms with E-state index in [0.717, 1.165) is 31.0 Å². The van der Waals surface area contributed by atoms with E-state index < -0.39 is 5.97 Å². The molecular weight excluding hydrogens is 310 g/mol. The molecule has 0 aliphatic carbocycles. The molecule has 1 fully saturated rings. The van der Waals surface area contributed by atoms with Gasteiger partial charge in [0.15, 0.2) is 18.3 Å². The van der Waals surface area contributed by atoms with E-state index in [0.29, 0.717) is 23.7 Å². The van der Waals surface area contributed by atoms with Gasteiger partial charge in [-0.1, -0.05) is 0 Å². The number of hydrogen-bond donors (Lipinski definition) is 2. The fourth-order valence-corrected chi connectivity index (χ4v) is 3.00. The number of ether oxygens (including phenoxy) is 1. The summed E-state index contributed by atoms with van der Waals surface area (Å²) < 4.78 is 5.65. The maximum atomic E-state index is 12.3. The predicted molar refractivity (Wildman–Crippen MR) is 87.1 cm³/mol. The number of anilines is 2. The zero-order valence-corrected chi connectivity index (χ0v) is 13.2. The summed E-state index contributed by atoms with van der Waals surface area (Å²) in [6.45, 7) is 3.68. The van der Waals surface area contributed by atoms with Crippen LogP contribution in [0.2, 0.25) is 0 Å². The molecule has 4 rings (SSSR count).